The molecule has 31 heavy (non-hydrogen) atoms. The summed E-state index contributed by atoms with van der Waals surface area (Å²) in [5.74, 6) is -1.71. The average Bonchev–Trinajstić information content (AvgIpc) is 3.05. The average molecular weight is 440 g/mol. The van der Waals surface area contributed by atoms with Crippen molar-refractivity contribution in [2.45, 2.75) is 40.2 Å². The fraction of sp³-hybridized carbons (Fsp3) is 0.304. The molecule has 0 aliphatic heterocycles. The standard InChI is InChI=1S/C23H25N3O4S/c1-5-17(22(29)30)26-18-11-10-16(24-20(27)13(2)3)12-19(18)31-23(26)25-21(28)15-8-6-14(4)7-9-15/h6-13,17H,5H2,1-4H3,(H,24,27)(H,29,30). The van der Waals surface area contributed by atoms with Crippen molar-refractivity contribution in [2.24, 2.45) is 10.9 Å². The van der Waals surface area contributed by atoms with Crippen LogP contribution in [0.5, 0.6) is 0 Å². The fourth-order valence-electron chi connectivity index (χ4n) is 3.10. The molecule has 1 aromatic heterocycles. The van der Waals surface area contributed by atoms with Crippen molar-refractivity contribution in [2.75, 3.05) is 5.32 Å². The molecule has 3 rings (SSSR count). The lowest BCUT2D eigenvalue weighted by Crippen LogP contribution is -2.27. The second kappa shape index (κ2) is 9.26. The van der Waals surface area contributed by atoms with Crippen LogP contribution in [-0.4, -0.2) is 27.5 Å². The number of amides is 2. The van der Waals surface area contributed by atoms with Crippen LogP contribution in [0.3, 0.4) is 0 Å². The van der Waals surface area contributed by atoms with Gasteiger partial charge >= 0.3 is 5.97 Å². The van der Waals surface area contributed by atoms with Crippen molar-refractivity contribution in [1.29, 1.82) is 0 Å². The number of thiazole rings is 1. The van der Waals surface area contributed by atoms with Crippen molar-refractivity contribution < 1.29 is 19.5 Å². The van der Waals surface area contributed by atoms with Crippen molar-refractivity contribution in [3.63, 3.8) is 0 Å². The summed E-state index contributed by atoms with van der Waals surface area (Å²) in [7, 11) is 0. The predicted octanol–water partition coefficient (Wildman–Crippen LogP) is 4.38. The first-order valence-corrected chi connectivity index (χ1v) is 10.9. The van der Waals surface area contributed by atoms with Gasteiger partial charge in [-0.25, -0.2) is 4.79 Å². The summed E-state index contributed by atoms with van der Waals surface area (Å²) in [6.07, 6.45) is 0.332. The number of hydrogen-bond acceptors (Lipinski definition) is 4. The minimum absolute atomic E-state index is 0.111. The molecule has 2 N–H and O–H groups in total. The molecule has 0 saturated carbocycles. The van der Waals surface area contributed by atoms with E-state index in [0.717, 1.165) is 10.3 Å². The van der Waals surface area contributed by atoms with E-state index in [1.807, 2.05) is 19.1 Å². The molecule has 0 fully saturated rings. The number of carboxylic acid groups (broad SMARTS) is 1. The van der Waals surface area contributed by atoms with Crippen molar-refractivity contribution in [3.05, 3.63) is 58.4 Å². The molecule has 0 aliphatic carbocycles. The van der Waals surface area contributed by atoms with E-state index in [1.54, 1.807) is 55.7 Å². The number of hydrogen-bond donors (Lipinski definition) is 2. The number of aryl methyl sites for hydroxylation is 1. The highest BCUT2D eigenvalue weighted by molar-refractivity contribution is 7.16. The van der Waals surface area contributed by atoms with Gasteiger partial charge in [-0.3, -0.25) is 9.59 Å². The summed E-state index contributed by atoms with van der Waals surface area (Å²) in [6, 6.07) is 11.5. The Morgan fingerprint density at radius 3 is 2.39 bits per heavy atom. The number of carbonyl (C=O) groups is 3. The second-order valence-corrected chi connectivity index (χ2v) is 8.64. The largest absolute Gasteiger partial charge is 0.480 e. The number of nitrogens with zero attached hydrogens (tertiary/aromatic N) is 2. The molecule has 2 amide bonds. The Labute approximate surface area is 184 Å². The van der Waals surface area contributed by atoms with Crippen LogP contribution < -0.4 is 10.1 Å². The highest BCUT2D eigenvalue weighted by Gasteiger charge is 2.22. The molecule has 0 bridgehead atoms. The molecule has 1 unspecified atom stereocenters. The summed E-state index contributed by atoms with van der Waals surface area (Å²) in [5, 5.41) is 12.6. The second-order valence-electron chi connectivity index (χ2n) is 7.63. The molecule has 7 nitrogen and oxygen atoms in total. The topological polar surface area (TPSA) is 101 Å². The van der Waals surface area contributed by atoms with E-state index in [1.165, 1.54) is 11.3 Å². The lowest BCUT2D eigenvalue weighted by molar-refractivity contribution is -0.141. The monoisotopic (exact) mass is 439 g/mol. The van der Waals surface area contributed by atoms with Gasteiger partial charge in [0.1, 0.15) is 6.04 Å². The third-order valence-corrected chi connectivity index (χ3v) is 5.92. The molecule has 8 heteroatoms. The van der Waals surface area contributed by atoms with Crippen LogP contribution in [0.1, 0.15) is 49.2 Å². The van der Waals surface area contributed by atoms with Crippen LogP contribution in [-0.2, 0) is 9.59 Å². The maximum Gasteiger partial charge on any atom is 0.326 e. The number of nitrogens with one attached hydrogen (secondary N) is 1. The van der Waals surface area contributed by atoms with Crippen LogP contribution >= 0.6 is 11.3 Å². The lowest BCUT2D eigenvalue weighted by atomic mass is 10.1. The first kappa shape index (κ1) is 22.4. The van der Waals surface area contributed by atoms with Gasteiger partial charge in [-0.15, -0.1) is 0 Å². The third-order valence-electron chi connectivity index (χ3n) is 4.90. The highest BCUT2D eigenvalue weighted by Crippen LogP contribution is 2.26. The number of carbonyl (C=O) groups excluding carboxylic acids is 2. The van der Waals surface area contributed by atoms with E-state index >= 15 is 0 Å². The van der Waals surface area contributed by atoms with Crippen LogP contribution in [0.25, 0.3) is 10.2 Å². The van der Waals surface area contributed by atoms with E-state index in [0.29, 0.717) is 28.0 Å². The number of carboxylic acids is 1. The number of rotatable bonds is 6. The normalized spacial score (nSPS) is 12.9. The summed E-state index contributed by atoms with van der Waals surface area (Å²) in [5.41, 5.74) is 2.72. The smallest absolute Gasteiger partial charge is 0.326 e. The summed E-state index contributed by atoms with van der Waals surface area (Å²) in [6.45, 7) is 7.32. The van der Waals surface area contributed by atoms with Gasteiger partial charge in [0.25, 0.3) is 5.91 Å². The summed E-state index contributed by atoms with van der Waals surface area (Å²) >= 11 is 1.22. The van der Waals surface area contributed by atoms with Crippen LogP contribution in [0.15, 0.2) is 47.5 Å². The van der Waals surface area contributed by atoms with E-state index in [2.05, 4.69) is 10.3 Å². The number of anilines is 1. The minimum Gasteiger partial charge on any atom is -0.480 e. The van der Waals surface area contributed by atoms with E-state index in [-0.39, 0.29) is 11.8 Å². The molecular weight excluding hydrogens is 414 g/mol. The van der Waals surface area contributed by atoms with E-state index < -0.39 is 17.9 Å². The zero-order valence-electron chi connectivity index (χ0n) is 17.9. The first-order valence-electron chi connectivity index (χ1n) is 10.1. The van der Waals surface area contributed by atoms with E-state index in [9.17, 15) is 19.5 Å². The molecule has 0 saturated heterocycles. The molecule has 0 radical (unpaired) electrons. The molecule has 1 heterocycles. The summed E-state index contributed by atoms with van der Waals surface area (Å²) < 4.78 is 2.32. The molecule has 162 valence electrons. The lowest BCUT2D eigenvalue weighted by Gasteiger charge is -2.14. The Kier molecular flexibility index (Phi) is 6.70. The van der Waals surface area contributed by atoms with Gasteiger partial charge < -0.3 is 15.0 Å². The maximum absolute atomic E-state index is 12.7. The van der Waals surface area contributed by atoms with Crippen molar-refractivity contribution >= 4 is 45.0 Å². The number of aliphatic carboxylic acids is 1. The zero-order valence-corrected chi connectivity index (χ0v) is 18.7. The Morgan fingerprint density at radius 2 is 1.81 bits per heavy atom. The van der Waals surface area contributed by atoms with Gasteiger partial charge in [0.15, 0.2) is 4.80 Å². The highest BCUT2D eigenvalue weighted by atomic mass is 32.1. The first-order chi connectivity index (χ1) is 14.7. The third kappa shape index (κ3) is 4.91. The van der Waals surface area contributed by atoms with Gasteiger partial charge in [0.05, 0.1) is 10.2 Å². The zero-order chi connectivity index (χ0) is 22.7. The fourth-order valence-corrected chi connectivity index (χ4v) is 4.21. The van der Waals surface area contributed by atoms with Crippen LogP contribution in [0.2, 0.25) is 0 Å². The Hall–Kier alpha value is -3.26. The maximum atomic E-state index is 12.7. The van der Waals surface area contributed by atoms with Crippen LogP contribution in [0, 0.1) is 12.8 Å². The van der Waals surface area contributed by atoms with Gasteiger partial charge in [0.2, 0.25) is 5.91 Å². The molecular formula is C23H25N3O4S. The number of benzene rings is 2. The SMILES string of the molecule is CCC(C(=O)O)n1c(=NC(=O)c2ccc(C)cc2)sc2cc(NC(=O)C(C)C)ccc21. The Morgan fingerprint density at radius 1 is 1.13 bits per heavy atom. The quantitative estimate of drug-likeness (QED) is 0.595. The Balaban J connectivity index is 2.15. The van der Waals surface area contributed by atoms with Crippen molar-refractivity contribution in [3.8, 4) is 0 Å². The minimum atomic E-state index is -0.997. The van der Waals surface area contributed by atoms with Gasteiger partial charge in [-0.2, -0.15) is 4.99 Å². The molecule has 0 spiro atoms. The molecule has 0 aliphatic rings. The molecule has 2 aromatic carbocycles. The van der Waals surface area contributed by atoms with Gasteiger partial charge in [-0.1, -0.05) is 49.8 Å². The predicted molar refractivity (Wildman–Crippen MR) is 121 cm³/mol. The van der Waals surface area contributed by atoms with E-state index in [4.69, 9.17) is 0 Å². The summed E-state index contributed by atoms with van der Waals surface area (Å²) in [4.78, 5) is 41.3. The van der Waals surface area contributed by atoms with Crippen LogP contribution in [0.4, 0.5) is 5.69 Å². The van der Waals surface area contributed by atoms with Crippen molar-refractivity contribution in [1.82, 2.24) is 4.57 Å². The number of fused-ring (bicyclic) bond motifs is 1. The Bertz CT molecular complexity index is 1210. The molecule has 1 atom stereocenters. The molecule has 3 aromatic rings. The van der Waals surface area contributed by atoms with Gasteiger partial charge in [0, 0.05) is 17.2 Å². The van der Waals surface area contributed by atoms with Gasteiger partial charge in [-0.05, 0) is 43.7 Å². The number of aromatic nitrogens is 1.